The van der Waals surface area contributed by atoms with E-state index < -0.39 is 0 Å². The van der Waals surface area contributed by atoms with E-state index in [0.717, 1.165) is 51.6 Å². The highest BCUT2D eigenvalue weighted by Crippen LogP contribution is 2.23. The number of rotatable bonds is 4. The van der Waals surface area contributed by atoms with Crippen LogP contribution < -0.4 is 10.6 Å². The molecule has 0 spiro atoms. The van der Waals surface area contributed by atoms with Crippen LogP contribution in [-0.4, -0.2) is 59.9 Å². The van der Waals surface area contributed by atoms with Crippen molar-refractivity contribution in [2.75, 3.05) is 31.5 Å². The van der Waals surface area contributed by atoms with Gasteiger partial charge in [0.1, 0.15) is 0 Å². The first-order valence-electron chi connectivity index (χ1n) is 11.4. The van der Waals surface area contributed by atoms with Crippen LogP contribution in [0.5, 0.6) is 0 Å². The maximum absolute atomic E-state index is 12.8. The Morgan fingerprint density at radius 1 is 0.767 bits per heavy atom. The summed E-state index contributed by atoms with van der Waals surface area (Å²) in [5.41, 5.74) is 1.28. The molecule has 0 atom stereocenters. The number of amides is 4. The highest BCUT2D eigenvalue weighted by Gasteiger charge is 2.30. The van der Waals surface area contributed by atoms with E-state index in [1.165, 1.54) is 12.8 Å². The Bertz CT molecular complexity index is 759. The van der Waals surface area contributed by atoms with Gasteiger partial charge in [0.2, 0.25) is 5.91 Å². The first kappa shape index (κ1) is 20.7. The van der Waals surface area contributed by atoms with Gasteiger partial charge in [0, 0.05) is 49.4 Å². The minimum absolute atomic E-state index is 0.00958. The molecule has 162 valence electrons. The van der Waals surface area contributed by atoms with Crippen LogP contribution in [-0.2, 0) is 4.79 Å². The fourth-order valence-electron chi connectivity index (χ4n) is 4.34. The van der Waals surface area contributed by atoms with Crippen LogP contribution in [0.15, 0.2) is 24.3 Å². The molecule has 4 rings (SSSR count). The first-order chi connectivity index (χ1) is 14.6. The highest BCUT2D eigenvalue weighted by molar-refractivity contribution is 5.95. The fourth-order valence-corrected chi connectivity index (χ4v) is 4.34. The Labute approximate surface area is 178 Å². The Morgan fingerprint density at radius 2 is 1.40 bits per heavy atom. The molecule has 0 bridgehead atoms. The summed E-state index contributed by atoms with van der Waals surface area (Å²) in [4.78, 5) is 41.4. The van der Waals surface area contributed by atoms with Crippen LogP contribution >= 0.6 is 0 Å². The molecule has 1 aliphatic carbocycles. The number of likely N-dealkylation sites (tertiary alicyclic amines) is 2. The molecule has 7 nitrogen and oxygen atoms in total. The smallest absolute Gasteiger partial charge is 0.319 e. The van der Waals surface area contributed by atoms with Crippen LogP contribution in [0.4, 0.5) is 10.5 Å². The number of hydrogen-bond donors (Lipinski definition) is 2. The summed E-state index contributed by atoms with van der Waals surface area (Å²) < 4.78 is 0. The lowest BCUT2D eigenvalue weighted by molar-refractivity contribution is -0.136. The zero-order valence-electron chi connectivity index (χ0n) is 17.6. The number of benzene rings is 1. The van der Waals surface area contributed by atoms with Crippen molar-refractivity contribution in [1.82, 2.24) is 15.1 Å². The van der Waals surface area contributed by atoms with Crippen molar-refractivity contribution in [2.45, 2.75) is 57.4 Å². The lowest BCUT2D eigenvalue weighted by Gasteiger charge is -2.34. The van der Waals surface area contributed by atoms with Crippen LogP contribution in [0.1, 0.15) is 61.7 Å². The van der Waals surface area contributed by atoms with Gasteiger partial charge >= 0.3 is 6.03 Å². The fraction of sp³-hybridized carbons (Fsp3) is 0.609. The van der Waals surface area contributed by atoms with Gasteiger partial charge in [-0.1, -0.05) is 12.8 Å². The largest absolute Gasteiger partial charge is 0.342 e. The Hall–Kier alpha value is -2.57. The predicted molar refractivity (Wildman–Crippen MR) is 115 cm³/mol. The topological polar surface area (TPSA) is 81.8 Å². The molecule has 0 aromatic heterocycles. The molecule has 3 aliphatic rings. The van der Waals surface area contributed by atoms with Gasteiger partial charge in [-0.3, -0.25) is 9.59 Å². The molecule has 0 radical (unpaired) electrons. The molecule has 1 saturated carbocycles. The van der Waals surface area contributed by atoms with Crippen LogP contribution in [0.2, 0.25) is 0 Å². The molecule has 2 saturated heterocycles. The standard InChI is InChI=1S/C23H32N4O3/c28-21(17-5-7-19(8-6-17)24-23(30)25-20-9-10-20)27-15-11-18(12-16-27)22(29)26-13-3-1-2-4-14-26/h5-8,18,20H,1-4,9-16H2,(H2,24,25,30). The molecule has 1 aromatic carbocycles. The molecule has 3 fully saturated rings. The monoisotopic (exact) mass is 412 g/mol. The van der Waals surface area contributed by atoms with Gasteiger partial charge in [-0.15, -0.1) is 0 Å². The van der Waals surface area contributed by atoms with E-state index in [1.807, 2.05) is 9.80 Å². The number of hydrogen-bond acceptors (Lipinski definition) is 3. The predicted octanol–water partition coefficient (Wildman–Crippen LogP) is 3.23. The molecular formula is C23H32N4O3. The molecule has 0 unspecified atom stereocenters. The Kier molecular flexibility index (Phi) is 6.55. The number of anilines is 1. The van der Waals surface area contributed by atoms with Gasteiger partial charge in [0.25, 0.3) is 5.91 Å². The van der Waals surface area contributed by atoms with E-state index in [0.29, 0.717) is 30.4 Å². The van der Waals surface area contributed by atoms with E-state index in [4.69, 9.17) is 0 Å². The quantitative estimate of drug-likeness (QED) is 0.797. The third kappa shape index (κ3) is 5.32. The number of nitrogens with zero attached hydrogens (tertiary/aromatic N) is 2. The van der Waals surface area contributed by atoms with Gasteiger partial charge in [0.15, 0.2) is 0 Å². The number of piperidine rings is 1. The minimum Gasteiger partial charge on any atom is -0.342 e. The van der Waals surface area contributed by atoms with E-state index in [2.05, 4.69) is 10.6 Å². The minimum atomic E-state index is -0.201. The molecule has 2 aliphatic heterocycles. The van der Waals surface area contributed by atoms with Crippen molar-refractivity contribution in [3.05, 3.63) is 29.8 Å². The van der Waals surface area contributed by atoms with Crippen molar-refractivity contribution >= 4 is 23.5 Å². The lowest BCUT2D eigenvalue weighted by atomic mass is 9.94. The van der Waals surface area contributed by atoms with E-state index in [9.17, 15) is 14.4 Å². The second-order valence-corrected chi connectivity index (χ2v) is 8.76. The van der Waals surface area contributed by atoms with Crippen LogP contribution in [0.25, 0.3) is 0 Å². The van der Waals surface area contributed by atoms with Crippen molar-refractivity contribution in [2.24, 2.45) is 5.92 Å². The molecule has 2 N–H and O–H groups in total. The number of urea groups is 1. The second-order valence-electron chi connectivity index (χ2n) is 8.76. The normalized spacial score (nSPS) is 20.4. The molecule has 30 heavy (non-hydrogen) atoms. The van der Waals surface area contributed by atoms with Gasteiger partial charge in [0.05, 0.1) is 0 Å². The number of carbonyl (C=O) groups excluding carboxylic acids is 3. The lowest BCUT2D eigenvalue weighted by Crippen LogP contribution is -2.44. The summed E-state index contributed by atoms with van der Waals surface area (Å²) in [7, 11) is 0. The van der Waals surface area contributed by atoms with Gasteiger partial charge in [-0.05, 0) is 62.8 Å². The SMILES string of the molecule is O=C(Nc1ccc(C(=O)N2CCC(C(=O)N3CCCCCC3)CC2)cc1)NC1CC1. The number of nitrogens with one attached hydrogen (secondary N) is 2. The van der Waals surface area contributed by atoms with Crippen molar-refractivity contribution in [3.8, 4) is 0 Å². The van der Waals surface area contributed by atoms with Crippen molar-refractivity contribution < 1.29 is 14.4 Å². The van der Waals surface area contributed by atoms with E-state index in [1.54, 1.807) is 24.3 Å². The molecule has 4 amide bonds. The summed E-state index contributed by atoms with van der Waals surface area (Å²) in [5.74, 6) is 0.317. The summed E-state index contributed by atoms with van der Waals surface area (Å²) >= 11 is 0. The van der Waals surface area contributed by atoms with Gasteiger partial charge < -0.3 is 20.4 Å². The Morgan fingerprint density at radius 3 is 2.00 bits per heavy atom. The molecule has 2 heterocycles. The van der Waals surface area contributed by atoms with Crippen molar-refractivity contribution in [1.29, 1.82) is 0 Å². The average Bonchev–Trinajstić information content (AvgIpc) is 3.60. The molecule has 1 aromatic rings. The summed E-state index contributed by atoms with van der Waals surface area (Å²) in [6, 6.07) is 7.13. The maximum Gasteiger partial charge on any atom is 0.319 e. The molecule has 7 heteroatoms. The van der Waals surface area contributed by atoms with E-state index >= 15 is 0 Å². The Balaban J connectivity index is 1.26. The third-order valence-electron chi connectivity index (χ3n) is 6.35. The summed E-state index contributed by atoms with van der Waals surface area (Å²) in [6.45, 7) is 3.01. The zero-order chi connectivity index (χ0) is 20.9. The van der Waals surface area contributed by atoms with Gasteiger partial charge in [-0.25, -0.2) is 4.79 Å². The number of carbonyl (C=O) groups is 3. The highest BCUT2D eigenvalue weighted by atomic mass is 16.2. The summed E-state index contributed by atoms with van der Waals surface area (Å²) in [5, 5.41) is 5.67. The van der Waals surface area contributed by atoms with Crippen LogP contribution in [0, 0.1) is 5.92 Å². The first-order valence-corrected chi connectivity index (χ1v) is 11.4. The second kappa shape index (κ2) is 9.49. The molecular weight excluding hydrogens is 380 g/mol. The van der Waals surface area contributed by atoms with Gasteiger partial charge in [-0.2, -0.15) is 0 Å². The van der Waals surface area contributed by atoms with Crippen molar-refractivity contribution in [3.63, 3.8) is 0 Å². The zero-order valence-corrected chi connectivity index (χ0v) is 17.6. The van der Waals surface area contributed by atoms with Crippen LogP contribution in [0.3, 0.4) is 0 Å². The third-order valence-corrected chi connectivity index (χ3v) is 6.35. The maximum atomic E-state index is 12.8. The average molecular weight is 413 g/mol. The summed E-state index contributed by atoms with van der Waals surface area (Å²) in [6.07, 6.45) is 8.21. The van der Waals surface area contributed by atoms with E-state index in [-0.39, 0.29) is 23.8 Å².